The van der Waals surface area contributed by atoms with Crippen molar-refractivity contribution in [3.8, 4) is 5.75 Å². The van der Waals surface area contributed by atoms with Crippen LogP contribution < -0.4 is 15.2 Å². The molecule has 0 bridgehead atoms. The fourth-order valence-corrected chi connectivity index (χ4v) is 6.97. The first-order valence-corrected chi connectivity index (χ1v) is 13.8. The largest absolute Gasteiger partial charge is 0.492 e. The second-order valence-electron chi connectivity index (χ2n) is 8.22. The van der Waals surface area contributed by atoms with Crippen molar-refractivity contribution in [2.45, 2.75) is 42.4 Å². The summed E-state index contributed by atoms with van der Waals surface area (Å²) in [7, 11) is -3.52. The number of aryl methyl sites for hydroxylation is 2. The Labute approximate surface area is 208 Å². The van der Waals surface area contributed by atoms with Crippen LogP contribution >= 0.6 is 34.5 Å². The summed E-state index contributed by atoms with van der Waals surface area (Å²) in [5.41, 5.74) is 9.94. The van der Waals surface area contributed by atoms with Gasteiger partial charge in [0.2, 0.25) is 10.0 Å². The van der Waals surface area contributed by atoms with Gasteiger partial charge in [0.15, 0.2) is 0 Å². The van der Waals surface area contributed by atoms with Crippen LogP contribution in [0, 0.1) is 6.92 Å². The maximum atomic E-state index is 12.4. The lowest BCUT2D eigenvalue weighted by Gasteiger charge is -2.32. The summed E-state index contributed by atoms with van der Waals surface area (Å²) in [6.07, 6.45) is 2.54. The van der Waals surface area contributed by atoms with Crippen LogP contribution in [0.1, 0.15) is 33.9 Å². The van der Waals surface area contributed by atoms with Crippen molar-refractivity contribution in [2.75, 3.05) is 13.2 Å². The molecular formula is C24H26Cl2N2O3S2. The van der Waals surface area contributed by atoms with E-state index in [0.29, 0.717) is 26.4 Å². The minimum absolute atomic E-state index is 0.0144. The van der Waals surface area contributed by atoms with Crippen molar-refractivity contribution in [2.24, 2.45) is 5.73 Å². The Balaban J connectivity index is 1.43. The van der Waals surface area contributed by atoms with Crippen LogP contribution in [-0.4, -0.2) is 27.6 Å². The molecule has 1 aliphatic carbocycles. The average molecular weight is 526 g/mol. The van der Waals surface area contributed by atoms with Gasteiger partial charge >= 0.3 is 0 Å². The van der Waals surface area contributed by atoms with Gasteiger partial charge in [0.25, 0.3) is 0 Å². The van der Waals surface area contributed by atoms with Crippen LogP contribution in [-0.2, 0) is 22.9 Å². The van der Waals surface area contributed by atoms with E-state index < -0.39 is 10.0 Å². The number of nitrogens with two attached hydrogens (primary N) is 1. The molecule has 0 saturated heterocycles. The lowest BCUT2D eigenvalue weighted by Crippen LogP contribution is -2.34. The molecule has 3 aromatic rings. The van der Waals surface area contributed by atoms with Crippen molar-refractivity contribution in [3.63, 3.8) is 0 Å². The van der Waals surface area contributed by atoms with E-state index in [1.165, 1.54) is 16.9 Å². The van der Waals surface area contributed by atoms with Crippen LogP contribution in [0.2, 0.25) is 10.0 Å². The smallest absolute Gasteiger partial charge is 0.250 e. The van der Waals surface area contributed by atoms with Crippen molar-refractivity contribution < 1.29 is 13.2 Å². The minimum atomic E-state index is -3.52. The summed E-state index contributed by atoms with van der Waals surface area (Å²) in [5.74, 6) is 0.803. The van der Waals surface area contributed by atoms with Gasteiger partial charge in [-0.1, -0.05) is 35.3 Å². The van der Waals surface area contributed by atoms with Gasteiger partial charge in [0.05, 0.1) is 0 Å². The average Bonchev–Trinajstić information content (AvgIpc) is 3.22. The zero-order chi connectivity index (χ0) is 23.6. The molecule has 0 spiro atoms. The van der Waals surface area contributed by atoms with E-state index in [4.69, 9.17) is 33.7 Å². The highest BCUT2D eigenvalue weighted by Gasteiger charge is 2.28. The Hall–Kier alpha value is -1.61. The molecule has 0 amide bonds. The third-order valence-corrected chi connectivity index (χ3v) is 9.42. The third kappa shape index (κ3) is 5.91. The second-order valence-corrected chi connectivity index (χ2v) is 12.3. The first-order valence-electron chi connectivity index (χ1n) is 10.7. The fourth-order valence-electron chi connectivity index (χ4n) is 4.15. The number of benzene rings is 2. The third-order valence-electron chi connectivity index (χ3n) is 5.88. The molecule has 0 fully saturated rings. The molecule has 2 unspecified atom stereocenters. The maximum Gasteiger partial charge on any atom is 0.250 e. The van der Waals surface area contributed by atoms with Crippen LogP contribution in [0.3, 0.4) is 0 Å². The van der Waals surface area contributed by atoms with Gasteiger partial charge in [0, 0.05) is 33.4 Å². The lowest BCUT2D eigenvalue weighted by molar-refractivity contribution is 0.321. The number of thiophene rings is 1. The standard InChI is InChI=1S/C24H26Cl2N2O3S2/c1-15-2-9-24(32-15)33(29,30)28-10-11-31-19-7-4-16-5-8-23(27)21(20(16)14-19)12-17-3-6-18(25)13-22(17)26/h2-4,6-7,9,13-14,21,23,28H,5,8,10-12,27H2,1H3. The van der Waals surface area contributed by atoms with Crippen LogP contribution in [0.25, 0.3) is 0 Å². The molecule has 5 nitrogen and oxygen atoms in total. The molecule has 9 heteroatoms. The molecule has 0 aliphatic heterocycles. The molecule has 1 heterocycles. The first-order chi connectivity index (χ1) is 15.7. The van der Waals surface area contributed by atoms with Gasteiger partial charge in [-0.15, -0.1) is 11.3 Å². The Morgan fingerprint density at radius 3 is 2.70 bits per heavy atom. The fraction of sp³-hybridized carbons (Fsp3) is 0.333. The molecule has 1 aliphatic rings. The van der Waals surface area contributed by atoms with Crippen LogP contribution in [0.5, 0.6) is 5.75 Å². The number of nitrogens with one attached hydrogen (secondary N) is 1. The van der Waals surface area contributed by atoms with Gasteiger partial charge in [0.1, 0.15) is 16.6 Å². The Morgan fingerprint density at radius 2 is 1.97 bits per heavy atom. The molecule has 2 atom stereocenters. The summed E-state index contributed by atoms with van der Waals surface area (Å²) in [6, 6.07) is 15.0. The second kappa shape index (κ2) is 10.3. The van der Waals surface area contributed by atoms with Gasteiger partial charge in [-0.3, -0.25) is 0 Å². The van der Waals surface area contributed by atoms with E-state index in [0.717, 1.165) is 28.8 Å². The Kier molecular flexibility index (Phi) is 7.68. The molecule has 0 radical (unpaired) electrons. The highest BCUT2D eigenvalue weighted by Crippen LogP contribution is 2.37. The quantitative estimate of drug-likeness (QED) is 0.390. The topological polar surface area (TPSA) is 81.4 Å². The van der Waals surface area contributed by atoms with E-state index in [1.807, 2.05) is 31.2 Å². The number of ether oxygens (including phenoxy) is 1. The van der Waals surface area contributed by atoms with Gasteiger partial charge in [-0.05, 0) is 79.3 Å². The number of hydrogen-bond acceptors (Lipinski definition) is 5. The normalized spacial score (nSPS) is 18.2. The van der Waals surface area contributed by atoms with Gasteiger partial charge < -0.3 is 10.5 Å². The van der Waals surface area contributed by atoms with Gasteiger partial charge in [-0.25, -0.2) is 13.1 Å². The Bertz CT molecular complexity index is 1240. The minimum Gasteiger partial charge on any atom is -0.492 e. The number of sulfonamides is 1. The molecular weight excluding hydrogens is 499 g/mol. The number of hydrogen-bond donors (Lipinski definition) is 2. The number of rotatable bonds is 8. The first kappa shape index (κ1) is 24.5. The van der Waals surface area contributed by atoms with Crippen molar-refractivity contribution >= 4 is 44.6 Å². The monoisotopic (exact) mass is 524 g/mol. The molecule has 4 rings (SSSR count). The molecule has 1 aromatic heterocycles. The highest BCUT2D eigenvalue weighted by atomic mass is 35.5. The van der Waals surface area contributed by atoms with Crippen LogP contribution in [0.4, 0.5) is 0 Å². The molecule has 2 aromatic carbocycles. The number of fused-ring (bicyclic) bond motifs is 1. The Morgan fingerprint density at radius 1 is 1.15 bits per heavy atom. The van der Waals surface area contributed by atoms with E-state index in [9.17, 15) is 8.42 Å². The summed E-state index contributed by atoms with van der Waals surface area (Å²) >= 11 is 13.7. The zero-order valence-corrected chi connectivity index (χ0v) is 21.3. The van der Waals surface area contributed by atoms with E-state index >= 15 is 0 Å². The summed E-state index contributed by atoms with van der Waals surface area (Å²) in [6.45, 7) is 2.28. The lowest BCUT2D eigenvalue weighted by atomic mass is 9.76. The summed E-state index contributed by atoms with van der Waals surface area (Å²) in [4.78, 5) is 0.952. The molecule has 176 valence electrons. The van der Waals surface area contributed by atoms with E-state index in [1.54, 1.807) is 18.2 Å². The predicted molar refractivity (Wildman–Crippen MR) is 135 cm³/mol. The summed E-state index contributed by atoms with van der Waals surface area (Å²) < 4.78 is 33.5. The molecule has 0 saturated carbocycles. The van der Waals surface area contributed by atoms with E-state index in [-0.39, 0.29) is 25.1 Å². The predicted octanol–water partition coefficient (Wildman–Crippen LogP) is 5.32. The maximum absolute atomic E-state index is 12.4. The van der Waals surface area contributed by atoms with Crippen molar-refractivity contribution in [1.82, 2.24) is 4.72 Å². The molecule has 3 N–H and O–H groups in total. The number of halogens is 2. The summed E-state index contributed by atoms with van der Waals surface area (Å²) in [5, 5.41) is 1.25. The van der Waals surface area contributed by atoms with Crippen molar-refractivity contribution in [1.29, 1.82) is 0 Å². The van der Waals surface area contributed by atoms with Gasteiger partial charge in [-0.2, -0.15) is 0 Å². The zero-order valence-electron chi connectivity index (χ0n) is 18.2. The van der Waals surface area contributed by atoms with Crippen LogP contribution in [0.15, 0.2) is 52.7 Å². The van der Waals surface area contributed by atoms with E-state index in [2.05, 4.69) is 10.8 Å². The highest BCUT2D eigenvalue weighted by molar-refractivity contribution is 7.91. The van der Waals surface area contributed by atoms with Crippen molar-refractivity contribution in [3.05, 3.63) is 80.1 Å². The SMILES string of the molecule is Cc1ccc(S(=O)(=O)NCCOc2ccc3c(c2)C(Cc2ccc(Cl)cc2Cl)C(N)CC3)s1. The molecule has 33 heavy (non-hydrogen) atoms.